The van der Waals surface area contributed by atoms with Crippen LogP contribution in [-0.4, -0.2) is 24.8 Å². The Labute approximate surface area is 257 Å². The molecule has 2 N–H and O–H groups in total. The van der Waals surface area contributed by atoms with Crippen molar-refractivity contribution in [1.29, 1.82) is 0 Å². The zero-order valence-corrected chi connectivity index (χ0v) is 26.7. The predicted octanol–water partition coefficient (Wildman–Crippen LogP) is 8.57. The molecule has 0 amide bonds. The molecule has 224 valence electrons. The number of nitrogens with two attached hydrogens (primary N) is 1. The van der Waals surface area contributed by atoms with Crippen molar-refractivity contribution < 1.29 is 8.42 Å². The Balaban J connectivity index is 1.46. The zero-order valence-electron chi connectivity index (χ0n) is 25.9. The molecule has 43 heavy (non-hydrogen) atoms. The van der Waals surface area contributed by atoms with E-state index in [2.05, 4.69) is 70.2 Å². The molecule has 0 heterocycles. The first-order valence-electron chi connectivity index (χ1n) is 15.4. The lowest BCUT2D eigenvalue weighted by Crippen LogP contribution is -2.49. The van der Waals surface area contributed by atoms with Crippen molar-refractivity contribution in [3.05, 3.63) is 125 Å². The number of sulfonamides is 1. The molecular formula is C38H44N2O2S. The molecule has 0 aromatic heterocycles. The number of aryl methyl sites for hydroxylation is 2. The summed E-state index contributed by atoms with van der Waals surface area (Å²) in [5.74, 6) is 0.157. The van der Waals surface area contributed by atoms with Crippen LogP contribution in [0.2, 0.25) is 0 Å². The van der Waals surface area contributed by atoms with Crippen molar-refractivity contribution in [2.24, 2.45) is 11.7 Å². The summed E-state index contributed by atoms with van der Waals surface area (Å²) >= 11 is 0. The minimum Gasteiger partial charge on any atom is -0.325 e. The highest BCUT2D eigenvalue weighted by Gasteiger charge is 2.34. The highest BCUT2D eigenvalue weighted by atomic mass is 32.2. The highest BCUT2D eigenvalue weighted by molar-refractivity contribution is 7.89. The number of benzene rings is 5. The van der Waals surface area contributed by atoms with Crippen LogP contribution in [0.1, 0.15) is 55.4 Å². The first-order chi connectivity index (χ1) is 20.6. The van der Waals surface area contributed by atoms with E-state index in [-0.39, 0.29) is 5.92 Å². The van der Waals surface area contributed by atoms with Crippen LogP contribution in [0.5, 0.6) is 0 Å². The highest BCUT2D eigenvalue weighted by Crippen LogP contribution is 2.32. The molecule has 5 aromatic carbocycles. The number of hydrogen-bond donors (Lipinski definition) is 1. The van der Waals surface area contributed by atoms with Crippen molar-refractivity contribution in [3.8, 4) is 0 Å². The number of rotatable bonds is 12. The van der Waals surface area contributed by atoms with Gasteiger partial charge in [0.05, 0.1) is 4.90 Å². The van der Waals surface area contributed by atoms with Crippen LogP contribution < -0.4 is 5.73 Å². The lowest BCUT2D eigenvalue weighted by atomic mass is 9.74. The Kier molecular flexibility index (Phi) is 9.36. The van der Waals surface area contributed by atoms with Gasteiger partial charge in [-0.15, -0.1) is 0 Å². The van der Waals surface area contributed by atoms with E-state index in [1.54, 1.807) is 16.4 Å². The summed E-state index contributed by atoms with van der Waals surface area (Å²) in [5, 5.41) is 4.19. The van der Waals surface area contributed by atoms with Crippen LogP contribution in [0.3, 0.4) is 0 Å². The summed E-state index contributed by atoms with van der Waals surface area (Å²) in [5.41, 5.74) is 11.5. The number of nitrogens with zero attached hydrogens (tertiary/aromatic N) is 1. The topological polar surface area (TPSA) is 63.4 Å². The number of fused-ring (bicyclic) bond motifs is 2. The summed E-state index contributed by atoms with van der Waals surface area (Å²) in [6.07, 6.45) is 3.16. The van der Waals surface area contributed by atoms with Gasteiger partial charge in [-0.1, -0.05) is 116 Å². The fraction of sp³-hybridized carbons (Fsp3) is 0.316. The molecule has 5 aromatic rings. The van der Waals surface area contributed by atoms with Crippen molar-refractivity contribution in [3.63, 3.8) is 0 Å². The minimum atomic E-state index is -3.78. The molecule has 2 unspecified atom stereocenters. The van der Waals surface area contributed by atoms with Gasteiger partial charge in [-0.25, -0.2) is 8.42 Å². The maximum absolute atomic E-state index is 14.3. The summed E-state index contributed by atoms with van der Waals surface area (Å²) in [6.45, 7) is 9.28. The van der Waals surface area contributed by atoms with Crippen molar-refractivity contribution >= 4 is 31.6 Å². The quantitative estimate of drug-likeness (QED) is 0.158. The van der Waals surface area contributed by atoms with Gasteiger partial charge in [-0.05, 0) is 89.9 Å². The molecule has 0 radical (unpaired) electrons. The first-order valence-corrected chi connectivity index (χ1v) is 16.9. The molecule has 4 nitrogen and oxygen atoms in total. The fourth-order valence-corrected chi connectivity index (χ4v) is 8.09. The van der Waals surface area contributed by atoms with Gasteiger partial charge in [-0.2, -0.15) is 4.31 Å². The van der Waals surface area contributed by atoms with E-state index in [1.165, 1.54) is 16.7 Å². The van der Waals surface area contributed by atoms with E-state index in [0.717, 1.165) is 46.4 Å². The zero-order chi connectivity index (χ0) is 30.6. The average Bonchev–Trinajstić information content (AvgIpc) is 2.99. The molecule has 0 saturated carbocycles. The summed E-state index contributed by atoms with van der Waals surface area (Å²) in [7, 11) is -3.78. The van der Waals surface area contributed by atoms with E-state index < -0.39 is 15.6 Å². The molecule has 0 fully saturated rings. The van der Waals surface area contributed by atoms with E-state index in [0.29, 0.717) is 24.4 Å². The standard InChI is InChI=1S/C38H44N2O2S/c1-5-36(38(39,6-2)26-31-22-28(3)21-29(4)23-31)19-20-40(27-30-15-16-32-11-7-9-13-34(32)24-30)43(41,42)37-18-17-33-12-8-10-14-35(33)25-37/h7-18,21-25,36H,5-6,19-20,26-27,39H2,1-4H3. The Bertz CT molecular complexity index is 1810. The maximum Gasteiger partial charge on any atom is 0.243 e. The van der Waals surface area contributed by atoms with Crippen LogP contribution >= 0.6 is 0 Å². The van der Waals surface area contributed by atoms with Gasteiger partial charge in [0.25, 0.3) is 0 Å². The van der Waals surface area contributed by atoms with Gasteiger partial charge >= 0.3 is 0 Å². The largest absolute Gasteiger partial charge is 0.325 e. The lowest BCUT2D eigenvalue weighted by Gasteiger charge is -2.38. The second kappa shape index (κ2) is 13.0. The van der Waals surface area contributed by atoms with E-state index in [4.69, 9.17) is 5.73 Å². The third kappa shape index (κ3) is 7.01. The molecule has 0 saturated heterocycles. The van der Waals surface area contributed by atoms with E-state index >= 15 is 0 Å². The van der Waals surface area contributed by atoms with Crippen molar-refractivity contribution in [2.75, 3.05) is 6.54 Å². The van der Waals surface area contributed by atoms with E-state index in [1.807, 2.05) is 48.5 Å². The summed E-state index contributed by atoms with van der Waals surface area (Å²) in [6, 6.07) is 34.4. The van der Waals surface area contributed by atoms with E-state index in [9.17, 15) is 8.42 Å². The van der Waals surface area contributed by atoms with Crippen LogP contribution in [0.4, 0.5) is 0 Å². The Hall–Kier alpha value is -3.51. The minimum absolute atomic E-state index is 0.157. The Morgan fingerprint density at radius 1 is 0.721 bits per heavy atom. The molecule has 2 atom stereocenters. The fourth-order valence-electron chi connectivity index (χ4n) is 6.61. The van der Waals surface area contributed by atoms with Crippen molar-refractivity contribution in [2.45, 2.75) is 70.4 Å². The van der Waals surface area contributed by atoms with Gasteiger partial charge in [0.15, 0.2) is 0 Å². The van der Waals surface area contributed by atoms with Gasteiger partial charge in [0.1, 0.15) is 0 Å². The van der Waals surface area contributed by atoms with Crippen LogP contribution in [-0.2, 0) is 23.0 Å². The average molecular weight is 593 g/mol. The maximum atomic E-state index is 14.3. The SMILES string of the molecule is CCC(CCN(Cc1ccc2ccccc2c1)S(=O)(=O)c1ccc2ccccc2c1)C(N)(CC)Cc1cc(C)cc(C)c1. The molecule has 0 aliphatic rings. The molecule has 0 aliphatic heterocycles. The second-order valence-corrected chi connectivity index (χ2v) is 14.1. The van der Waals surface area contributed by atoms with Gasteiger partial charge in [0.2, 0.25) is 10.0 Å². The second-order valence-electron chi connectivity index (χ2n) is 12.2. The molecule has 0 bridgehead atoms. The summed E-state index contributed by atoms with van der Waals surface area (Å²) < 4.78 is 30.3. The predicted molar refractivity (Wildman–Crippen MR) is 181 cm³/mol. The monoisotopic (exact) mass is 592 g/mol. The molecule has 0 aliphatic carbocycles. The first kappa shape index (κ1) is 30.9. The van der Waals surface area contributed by atoms with Gasteiger partial charge in [-0.3, -0.25) is 0 Å². The molecule has 5 rings (SSSR count). The van der Waals surface area contributed by atoms with Gasteiger partial charge in [0, 0.05) is 18.6 Å². The Morgan fingerprint density at radius 3 is 1.91 bits per heavy atom. The number of hydrogen-bond acceptors (Lipinski definition) is 3. The van der Waals surface area contributed by atoms with Crippen LogP contribution in [0.25, 0.3) is 21.5 Å². The lowest BCUT2D eigenvalue weighted by molar-refractivity contribution is 0.219. The van der Waals surface area contributed by atoms with Crippen molar-refractivity contribution in [1.82, 2.24) is 4.31 Å². The third-order valence-electron chi connectivity index (χ3n) is 9.04. The normalized spacial score (nSPS) is 14.3. The van der Waals surface area contributed by atoms with Crippen LogP contribution in [0, 0.1) is 19.8 Å². The molecule has 5 heteroatoms. The van der Waals surface area contributed by atoms with Crippen LogP contribution in [0.15, 0.2) is 108 Å². The molecule has 0 spiro atoms. The summed E-state index contributed by atoms with van der Waals surface area (Å²) in [4.78, 5) is 0.324. The smallest absolute Gasteiger partial charge is 0.243 e. The molecular weight excluding hydrogens is 548 g/mol. The third-order valence-corrected chi connectivity index (χ3v) is 10.9. The Morgan fingerprint density at radius 2 is 1.30 bits per heavy atom. The van der Waals surface area contributed by atoms with Gasteiger partial charge < -0.3 is 5.73 Å².